The monoisotopic (exact) mass is 418 g/mol. The quantitative estimate of drug-likeness (QED) is 0.631. The summed E-state index contributed by atoms with van der Waals surface area (Å²) in [5, 5.41) is 2.82. The molecular weight excluding hydrogens is 392 g/mol. The van der Waals surface area contributed by atoms with Crippen LogP contribution in [0.3, 0.4) is 0 Å². The Hall–Kier alpha value is -2.74. The molecule has 1 fully saturated rings. The second-order valence-corrected chi connectivity index (χ2v) is 8.68. The van der Waals surface area contributed by atoms with Crippen LogP contribution in [-0.2, 0) is 14.8 Å². The van der Waals surface area contributed by atoms with Gasteiger partial charge in [-0.1, -0.05) is 12.1 Å². The van der Waals surface area contributed by atoms with Gasteiger partial charge in [-0.25, -0.2) is 8.42 Å². The summed E-state index contributed by atoms with van der Waals surface area (Å²) >= 11 is 0. The number of anilines is 2. The van der Waals surface area contributed by atoms with Crippen molar-refractivity contribution >= 4 is 27.3 Å². The Morgan fingerprint density at radius 2 is 1.76 bits per heavy atom. The van der Waals surface area contributed by atoms with E-state index in [0.29, 0.717) is 61.9 Å². The number of nitrogens with zero attached hydrogens (tertiary/aromatic N) is 1. The third kappa shape index (κ3) is 5.63. The van der Waals surface area contributed by atoms with Crippen molar-refractivity contribution in [3.8, 4) is 11.5 Å². The number of amides is 1. The first kappa shape index (κ1) is 21.0. The summed E-state index contributed by atoms with van der Waals surface area (Å²) in [6.45, 7) is 3.38. The van der Waals surface area contributed by atoms with Gasteiger partial charge in [0.25, 0.3) is 0 Å². The van der Waals surface area contributed by atoms with Crippen molar-refractivity contribution in [3.05, 3.63) is 48.5 Å². The zero-order valence-corrected chi connectivity index (χ0v) is 17.3. The minimum Gasteiger partial charge on any atom is -0.490 e. The fraction of sp³-hybridized carbons (Fsp3) is 0.381. The van der Waals surface area contributed by atoms with Crippen molar-refractivity contribution < 1.29 is 22.7 Å². The predicted octanol–water partition coefficient (Wildman–Crippen LogP) is 3.42. The van der Waals surface area contributed by atoms with E-state index in [0.717, 1.165) is 0 Å². The molecule has 1 saturated heterocycles. The van der Waals surface area contributed by atoms with Crippen LogP contribution >= 0.6 is 0 Å². The summed E-state index contributed by atoms with van der Waals surface area (Å²) < 4.78 is 36.6. The van der Waals surface area contributed by atoms with E-state index in [2.05, 4.69) is 5.32 Å². The lowest BCUT2D eigenvalue weighted by Crippen LogP contribution is -2.25. The van der Waals surface area contributed by atoms with Crippen LogP contribution in [0.2, 0.25) is 0 Å². The van der Waals surface area contributed by atoms with E-state index in [4.69, 9.17) is 9.47 Å². The lowest BCUT2D eigenvalue weighted by molar-refractivity contribution is -0.116. The first-order valence-electron chi connectivity index (χ1n) is 9.74. The van der Waals surface area contributed by atoms with Crippen LogP contribution in [0.4, 0.5) is 11.4 Å². The molecule has 2 aromatic carbocycles. The molecule has 1 aliphatic heterocycles. The molecule has 1 aliphatic rings. The molecule has 0 bridgehead atoms. The second-order valence-electron chi connectivity index (χ2n) is 6.67. The molecule has 156 valence electrons. The number of hydrogen-bond acceptors (Lipinski definition) is 5. The first-order valence-corrected chi connectivity index (χ1v) is 11.4. The van der Waals surface area contributed by atoms with Gasteiger partial charge in [0.1, 0.15) is 0 Å². The van der Waals surface area contributed by atoms with Gasteiger partial charge in [0.2, 0.25) is 15.9 Å². The molecule has 0 aromatic heterocycles. The number of ether oxygens (including phenoxy) is 2. The van der Waals surface area contributed by atoms with Gasteiger partial charge in [-0.15, -0.1) is 0 Å². The van der Waals surface area contributed by atoms with E-state index in [1.807, 2.05) is 31.2 Å². The Morgan fingerprint density at radius 3 is 2.38 bits per heavy atom. The Labute approximate surface area is 171 Å². The molecule has 0 atom stereocenters. The van der Waals surface area contributed by atoms with Crippen molar-refractivity contribution in [3.63, 3.8) is 0 Å². The maximum absolute atomic E-state index is 12.1. The van der Waals surface area contributed by atoms with Crippen molar-refractivity contribution in [2.45, 2.75) is 26.2 Å². The fourth-order valence-electron chi connectivity index (χ4n) is 3.12. The zero-order chi connectivity index (χ0) is 20.7. The molecule has 29 heavy (non-hydrogen) atoms. The van der Waals surface area contributed by atoms with E-state index in [1.165, 1.54) is 4.31 Å². The summed E-state index contributed by atoms with van der Waals surface area (Å²) in [7, 11) is -3.20. The smallest absolute Gasteiger partial charge is 0.235 e. The molecule has 8 heteroatoms. The van der Waals surface area contributed by atoms with Crippen LogP contribution in [-0.4, -0.2) is 39.8 Å². The summed E-state index contributed by atoms with van der Waals surface area (Å²) in [6.07, 6.45) is 1.52. The number of para-hydroxylation sites is 2. The Kier molecular flexibility index (Phi) is 6.98. The van der Waals surface area contributed by atoms with Crippen LogP contribution in [0, 0.1) is 0 Å². The number of benzene rings is 2. The Bertz CT molecular complexity index is 928. The predicted molar refractivity (Wildman–Crippen MR) is 113 cm³/mol. The first-order chi connectivity index (χ1) is 14.0. The van der Waals surface area contributed by atoms with E-state index in [9.17, 15) is 13.2 Å². The van der Waals surface area contributed by atoms with Gasteiger partial charge in [0.05, 0.1) is 24.7 Å². The van der Waals surface area contributed by atoms with E-state index >= 15 is 0 Å². The molecule has 7 nitrogen and oxygen atoms in total. The molecular formula is C21H26N2O5S. The summed E-state index contributed by atoms with van der Waals surface area (Å²) in [5.74, 6) is 1.43. The fourth-order valence-corrected chi connectivity index (χ4v) is 4.69. The van der Waals surface area contributed by atoms with Gasteiger partial charge < -0.3 is 14.8 Å². The molecule has 3 rings (SSSR count). The van der Waals surface area contributed by atoms with Crippen LogP contribution < -0.4 is 19.1 Å². The van der Waals surface area contributed by atoms with Gasteiger partial charge in [-0.05, 0) is 56.2 Å². The van der Waals surface area contributed by atoms with Gasteiger partial charge >= 0.3 is 0 Å². The van der Waals surface area contributed by atoms with Crippen LogP contribution in [0.5, 0.6) is 11.5 Å². The van der Waals surface area contributed by atoms with Crippen molar-refractivity contribution in [2.75, 3.05) is 35.1 Å². The van der Waals surface area contributed by atoms with E-state index in [1.54, 1.807) is 24.3 Å². The van der Waals surface area contributed by atoms with Gasteiger partial charge in [-0.3, -0.25) is 9.10 Å². The topological polar surface area (TPSA) is 84.9 Å². The Balaban J connectivity index is 1.44. The summed E-state index contributed by atoms with van der Waals surface area (Å²) in [6, 6.07) is 14.3. The number of hydrogen-bond donors (Lipinski definition) is 1. The molecule has 1 N–H and O–H groups in total. The molecule has 0 radical (unpaired) electrons. The molecule has 0 unspecified atom stereocenters. The van der Waals surface area contributed by atoms with Gasteiger partial charge in [0.15, 0.2) is 11.5 Å². The number of sulfonamides is 1. The van der Waals surface area contributed by atoms with E-state index in [-0.39, 0.29) is 11.7 Å². The molecule has 2 aromatic rings. The number of rotatable bonds is 9. The highest BCUT2D eigenvalue weighted by Gasteiger charge is 2.28. The molecule has 0 saturated carbocycles. The lowest BCUT2D eigenvalue weighted by Gasteiger charge is -2.17. The average Bonchev–Trinajstić information content (AvgIpc) is 3.06. The third-order valence-electron chi connectivity index (χ3n) is 4.49. The maximum Gasteiger partial charge on any atom is 0.235 e. The molecule has 1 amide bonds. The van der Waals surface area contributed by atoms with Crippen LogP contribution in [0.15, 0.2) is 48.5 Å². The minimum atomic E-state index is -3.20. The second kappa shape index (κ2) is 9.65. The number of carbonyl (C=O) groups is 1. The van der Waals surface area contributed by atoms with Crippen LogP contribution in [0.1, 0.15) is 26.2 Å². The highest BCUT2D eigenvalue weighted by atomic mass is 32.2. The number of carbonyl (C=O) groups excluding carboxylic acids is 1. The molecule has 1 heterocycles. The summed E-state index contributed by atoms with van der Waals surface area (Å²) in [4.78, 5) is 12.1. The van der Waals surface area contributed by atoms with Crippen LogP contribution in [0.25, 0.3) is 0 Å². The van der Waals surface area contributed by atoms with Crippen molar-refractivity contribution in [1.82, 2.24) is 0 Å². The van der Waals surface area contributed by atoms with E-state index < -0.39 is 10.0 Å². The van der Waals surface area contributed by atoms with Gasteiger partial charge in [0, 0.05) is 18.7 Å². The SMILES string of the molecule is CCOc1ccccc1OCCCC(=O)Nc1ccc(N2CCCS2(=O)=O)cc1. The summed E-state index contributed by atoms with van der Waals surface area (Å²) in [5.41, 5.74) is 1.26. The molecule has 0 spiro atoms. The van der Waals surface area contributed by atoms with Gasteiger partial charge in [-0.2, -0.15) is 0 Å². The highest BCUT2D eigenvalue weighted by molar-refractivity contribution is 7.93. The Morgan fingerprint density at radius 1 is 1.07 bits per heavy atom. The number of nitrogens with one attached hydrogen (secondary N) is 1. The van der Waals surface area contributed by atoms with Crippen molar-refractivity contribution in [2.24, 2.45) is 0 Å². The molecule has 0 aliphatic carbocycles. The minimum absolute atomic E-state index is 0.117. The average molecular weight is 419 g/mol. The maximum atomic E-state index is 12.1. The third-order valence-corrected chi connectivity index (χ3v) is 6.36. The van der Waals surface area contributed by atoms with Crippen molar-refractivity contribution in [1.29, 1.82) is 0 Å². The normalized spacial score (nSPS) is 15.1. The zero-order valence-electron chi connectivity index (χ0n) is 16.5. The lowest BCUT2D eigenvalue weighted by atomic mass is 10.2. The standard InChI is InChI=1S/C21H26N2O5S/c1-2-27-19-7-3-4-8-20(19)28-15-5-9-21(24)22-17-10-12-18(13-11-17)23-14-6-16-29(23,25)26/h3-4,7-8,10-13H,2,5-6,9,14-16H2,1H3,(H,22,24). The largest absolute Gasteiger partial charge is 0.490 e. The highest BCUT2D eigenvalue weighted by Crippen LogP contribution is 2.27.